The zero-order chi connectivity index (χ0) is 13.8. The molecule has 0 N–H and O–H groups in total. The van der Waals surface area contributed by atoms with E-state index in [-0.39, 0.29) is 0 Å². The van der Waals surface area contributed by atoms with Gasteiger partial charge in [0.25, 0.3) is 0 Å². The highest BCUT2D eigenvalue weighted by atomic mass is 32.2. The largest absolute Gasteiger partial charge is 0.243 e. The second kappa shape index (κ2) is 6.34. The van der Waals surface area contributed by atoms with Crippen LogP contribution in [0, 0.1) is 13.8 Å². The minimum Gasteiger partial charge on any atom is -0.207 e. The van der Waals surface area contributed by atoms with Crippen LogP contribution in [0.25, 0.3) is 0 Å². The fraction of sp³-hybridized carbons (Fsp3) is 0.571. The van der Waals surface area contributed by atoms with Gasteiger partial charge in [-0.2, -0.15) is 4.31 Å². The summed E-state index contributed by atoms with van der Waals surface area (Å²) in [4.78, 5) is 0.440. The maximum absolute atomic E-state index is 12.6. The standard InChI is InChI=1S/C14H23NO2S/c1-5-9-15(10-6-2)18(16,17)14-8-7-12(3)11-13(14)4/h7-8,11H,5-6,9-10H2,1-4H3. The van der Waals surface area contributed by atoms with Gasteiger partial charge in [-0.25, -0.2) is 8.42 Å². The van der Waals surface area contributed by atoms with E-state index in [1.54, 1.807) is 10.4 Å². The summed E-state index contributed by atoms with van der Waals surface area (Å²) in [5.74, 6) is 0. The molecule has 0 amide bonds. The molecule has 0 aliphatic rings. The Morgan fingerprint density at radius 2 is 1.61 bits per heavy atom. The second-order valence-corrected chi connectivity index (χ2v) is 6.58. The molecular formula is C14H23NO2S. The number of aryl methyl sites for hydroxylation is 2. The lowest BCUT2D eigenvalue weighted by atomic mass is 10.2. The lowest BCUT2D eigenvalue weighted by molar-refractivity contribution is 0.409. The molecule has 0 aromatic heterocycles. The van der Waals surface area contributed by atoms with E-state index in [1.165, 1.54) is 0 Å². The van der Waals surface area contributed by atoms with Crippen LogP contribution in [0.15, 0.2) is 23.1 Å². The number of sulfonamides is 1. The molecule has 0 saturated carbocycles. The van der Waals surface area contributed by atoms with Crippen LogP contribution in [0.3, 0.4) is 0 Å². The van der Waals surface area contributed by atoms with Gasteiger partial charge in [0.2, 0.25) is 10.0 Å². The fourth-order valence-corrected chi connectivity index (χ4v) is 3.91. The Morgan fingerprint density at radius 3 is 2.06 bits per heavy atom. The molecule has 0 saturated heterocycles. The fourth-order valence-electron chi connectivity index (χ4n) is 2.08. The highest BCUT2D eigenvalue weighted by Crippen LogP contribution is 2.21. The molecule has 4 heteroatoms. The lowest BCUT2D eigenvalue weighted by Gasteiger charge is -2.22. The van der Waals surface area contributed by atoms with Crippen molar-refractivity contribution >= 4 is 10.0 Å². The van der Waals surface area contributed by atoms with E-state index < -0.39 is 10.0 Å². The summed E-state index contributed by atoms with van der Waals surface area (Å²) >= 11 is 0. The van der Waals surface area contributed by atoms with Gasteiger partial charge >= 0.3 is 0 Å². The Labute approximate surface area is 111 Å². The van der Waals surface area contributed by atoms with E-state index >= 15 is 0 Å². The Bertz CT molecular complexity index is 489. The SMILES string of the molecule is CCCN(CCC)S(=O)(=O)c1ccc(C)cc1C. The minimum atomic E-state index is -3.34. The molecule has 1 aromatic rings. The monoisotopic (exact) mass is 269 g/mol. The van der Waals surface area contributed by atoms with Crippen LogP contribution in [-0.4, -0.2) is 25.8 Å². The zero-order valence-corrected chi connectivity index (χ0v) is 12.5. The van der Waals surface area contributed by atoms with E-state index in [1.807, 2.05) is 39.8 Å². The van der Waals surface area contributed by atoms with Crippen molar-refractivity contribution in [2.45, 2.75) is 45.4 Å². The summed E-state index contributed by atoms with van der Waals surface area (Å²) in [6, 6.07) is 5.50. The smallest absolute Gasteiger partial charge is 0.207 e. The van der Waals surface area contributed by atoms with Gasteiger partial charge in [0.05, 0.1) is 4.90 Å². The van der Waals surface area contributed by atoms with Crippen molar-refractivity contribution in [3.05, 3.63) is 29.3 Å². The van der Waals surface area contributed by atoms with Crippen molar-refractivity contribution in [1.82, 2.24) is 4.31 Å². The summed E-state index contributed by atoms with van der Waals surface area (Å²) < 4.78 is 26.7. The highest BCUT2D eigenvalue weighted by molar-refractivity contribution is 7.89. The summed E-state index contributed by atoms with van der Waals surface area (Å²) in [7, 11) is -3.34. The molecule has 0 spiro atoms. The quantitative estimate of drug-likeness (QED) is 0.795. The van der Waals surface area contributed by atoms with Crippen LogP contribution in [0.5, 0.6) is 0 Å². The predicted octanol–water partition coefficient (Wildman–Crippen LogP) is 3.11. The summed E-state index contributed by atoms with van der Waals surface area (Å²) in [6.07, 6.45) is 1.67. The third kappa shape index (κ3) is 3.33. The molecule has 0 aliphatic heterocycles. The van der Waals surface area contributed by atoms with Crippen molar-refractivity contribution in [3.8, 4) is 0 Å². The molecule has 1 rings (SSSR count). The van der Waals surface area contributed by atoms with Crippen molar-refractivity contribution in [2.75, 3.05) is 13.1 Å². The van der Waals surface area contributed by atoms with Gasteiger partial charge in [-0.05, 0) is 38.3 Å². The molecule has 0 aliphatic carbocycles. The Balaban J connectivity index is 3.17. The average Bonchev–Trinajstić information content (AvgIpc) is 2.28. The van der Waals surface area contributed by atoms with Crippen LogP contribution in [0.4, 0.5) is 0 Å². The number of nitrogens with zero attached hydrogens (tertiary/aromatic N) is 1. The third-order valence-electron chi connectivity index (χ3n) is 2.89. The number of benzene rings is 1. The molecular weight excluding hydrogens is 246 g/mol. The Morgan fingerprint density at radius 1 is 1.06 bits per heavy atom. The first-order valence-electron chi connectivity index (χ1n) is 6.50. The average molecular weight is 269 g/mol. The number of hydrogen-bond acceptors (Lipinski definition) is 2. The van der Waals surface area contributed by atoms with E-state index in [2.05, 4.69) is 0 Å². The summed E-state index contributed by atoms with van der Waals surface area (Å²) in [5, 5.41) is 0. The second-order valence-electron chi connectivity index (χ2n) is 4.67. The van der Waals surface area contributed by atoms with Crippen molar-refractivity contribution in [2.24, 2.45) is 0 Å². The van der Waals surface area contributed by atoms with Crippen LogP contribution < -0.4 is 0 Å². The first-order chi connectivity index (χ1) is 8.43. The van der Waals surface area contributed by atoms with E-state index in [0.29, 0.717) is 18.0 Å². The van der Waals surface area contributed by atoms with Crippen LogP contribution in [0.2, 0.25) is 0 Å². The summed E-state index contributed by atoms with van der Waals surface area (Å²) in [5.41, 5.74) is 1.91. The lowest BCUT2D eigenvalue weighted by Crippen LogP contribution is -2.33. The van der Waals surface area contributed by atoms with Crippen LogP contribution in [-0.2, 0) is 10.0 Å². The maximum atomic E-state index is 12.6. The van der Waals surface area contributed by atoms with Crippen molar-refractivity contribution in [1.29, 1.82) is 0 Å². The van der Waals surface area contributed by atoms with Gasteiger partial charge in [0, 0.05) is 13.1 Å². The van der Waals surface area contributed by atoms with E-state index in [0.717, 1.165) is 24.0 Å². The Kier molecular flexibility index (Phi) is 5.35. The van der Waals surface area contributed by atoms with E-state index in [4.69, 9.17) is 0 Å². The molecule has 0 fully saturated rings. The minimum absolute atomic E-state index is 0.440. The molecule has 1 aromatic carbocycles. The molecule has 0 radical (unpaired) electrons. The van der Waals surface area contributed by atoms with Crippen molar-refractivity contribution in [3.63, 3.8) is 0 Å². The van der Waals surface area contributed by atoms with Gasteiger partial charge in [-0.1, -0.05) is 31.5 Å². The van der Waals surface area contributed by atoms with Crippen LogP contribution in [0.1, 0.15) is 37.8 Å². The molecule has 3 nitrogen and oxygen atoms in total. The molecule has 0 heterocycles. The summed E-state index contributed by atoms with van der Waals surface area (Å²) in [6.45, 7) is 9.00. The van der Waals surface area contributed by atoms with Gasteiger partial charge in [0.1, 0.15) is 0 Å². The molecule has 0 atom stereocenters. The van der Waals surface area contributed by atoms with E-state index in [9.17, 15) is 8.42 Å². The van der Waals surface area contributed by atoms with Gasteiger partial charge in [-0.15, -0.1) is 0 Å². The van der Waals surface area contributed by atoms with Gasteiger partial charge in [0.15, 0.2) is 0 Å². The molecule has 0 unspecified atom stereocenters. The topological polar surface area (TPSA) is 37.4 Å². The predicted molar refractivity (Wildman–Crippen MR) is 75.3 cm³/mol. The van der Waals surface area contributed by atoms with Crippen LogP contribution >= 0.6 is 0 Å². The first-order valence-corrected chi connectivity index (χ1v) is 7.94. The van der Waals surface area contributed by atoms with Crippen molar-refractivity contribution < 1.29 is 8.42 Å². The third-order valence-corrected chi connectivity index (χ3v) is 4.95. The number of rotatable bonds is 6. The zero-order valence-electron chi connectivity index (χ0n) is 11.7. The molecule has 18 heavy (non-hydrogen) atoms. The maximum Gasteiger partial charge on any atom is 0.243 e. The number of hydrogen-bond donors (Lipinski definition) is 0. The molecule has 0 bridgehead atoms. The first kappa shape index (κ1) is 15.2. The molecule has 102 valence electrons. The Hall–Kier alpha value is -0.870. The highest BCUT2D eigenvalue weighted by Gasteiger charge is 2.24. The van der Waals surface area contributed by atoms with Gasteiger partial charge in [-0.3, -0.25) is 0 Å². The van der Waals surface area contributed by atoms with Gasteiger partial charge < -0.3 is 0 Å². The normalized spacial score (nSPS) is 12.1.